The Bertz CT molecular complexity index is 1230. The Morgan fingerprint density at radius 3 is 2.42 bits per heavy atom. The van der Waals surface area contributed by atoms with Gasteiger partial charge in [0.15, 0.2) is 0 Å². The molecule has 3 atom stereocenters. The van der Waals surface area contributed by atoms with Crippen molar-refractivity contribution in [2.45, 2.75) is 36.5 Å². The first-order chi connectivity index (χ1) is 15.8. The van der Waals surface area contributed by atoms with Gasteiger partial charge in [0.25, 0.3) is 0 Å². The van der Waals surface area contributed by atoms with Crippen molar-refractivity contribution in [2.75, 3.05) is 6.54 Å². The fourth-order valence-electron chi connectivity index (χ4n) is 5.32. The summed E-state index contributed by atoms with van der Waals surface area (Å²) in [5, 5.41) is 11.1. The van der Waals surface area contributed by atoms with Gasteiger partial charge < -0.3 is 9.90 Å². The minimum atomic E-state index is -4.51. The number of rotatable bonds is 4. The Kier molecular flexibility index (Phi) is 5.26. The van der Waals surface area contributed by atoms with Crippen LogP contribution in [0.5, 0.6) is 5.75 Å². The number of phenolic OH excluding ortho intramolecular Hbond substituents is 1. The van der Waals surface area contributed by atoms with Crippen molar-refractivity contribution < 1.29 is 23.1 Å². The number of aldehydes is 1. The topological polar surface area (TPSA) is 40.5 Å². The molecule has 33 heavy (non-hydrogen) atoms. The maximum atomic E-state index is 13.7. The van der Waals surface area contributed by atoms with E-state index in [1.165, 1.54) is 18.2 Å². The van der Waals surface area contributed by atoms with Crippen LogP contribution in [0.3, 0.4) is 0 Å². The average Bonchev–Trinajstić information content (AvgIpc) is 3.55. The van der Waals surface area contributed by atoms with Crippen molar-refractivity contribution in [3.05, 3.63) is 99.6 Å². The second kappa shape index (κ2) is 7.89. The third kappa shape index (κ3) is 3.62. The molecule has 1 N–H and O–H groups in total. The van der Waals surface area contributed by atoms with Crippen LogP contribution >= 0.6 is 11.6 Å². The molecule has 170 valence electrons. The van der Waals surface area contributed by atoms with Gasteiger partial charge in [-0.2, -0.15) is 13.2 Å². The minimum Gasteiger partial charge on any atom is -0.508 e. The molecule has 2 aliphatic rings. The van der Waals surface area contributed by atoms with Gasteiger partial charge in [0, 0.05) is 23.0 Å². The standard InChI is InChI=1S/C26H21ClF3NO2/c27-17-9-10-23(33)20(13-17)24-18-6-2-1-5-16(18)11-12-31(24)25(15-32)14-22(25)19-7-3-4-8-21(19)26(28,29)30/h1-10,13,15,22,24,33H,11-12,14H2/t22-,24-,25+/m0/s1. The van der Waals surface area contributed by atoms with E-state index in [0.717, 1.165) is 23.5 Å². The number of halogens is 4. The van der Waals surface area contributed by atoms with Gasteiger partial charge in [-0.15, -0.1) is 0 Å². The summed E-state index contributed by atoms with van der Waals surface area (Å²) < 4.78 is 41.2. The molecular formula is C26H21ClF3NO2. The number of hydrogen-bond donors (Lipinski definition) is 1. The molecule has 3 aromatic rings. The van der Waals surface area contributed by atoms with E-state index in [1.54, 1.807) is 18.2 Å². The lowest BCUT2D eigenvalue weighted by molar-refractivity contribution is -0.138. The lowest BCUT2D eigenvalue weighted by atomic mass is 9.85. The number of carbonyl (C=O) groups is 1. The summed E-state index contributed by atoms with van der Waals surface area (Å²) in [6, 6.07) is 17.4. The highest BCUT2D eigenvalue weighted by Crippen LogP contribution is 2.60. The molecule has 0 bridgehead atoms. The van der Waals surface area contributed by atoms with Crippen molar-refractivity contribution in [1.29, 1.82) is 0 Å². The number of aromatic hydroxyl groups is 1. The molecule has 0 spiro atoms. The van der Waals surface area contributed by atoms with Crippen LogP contribution in [-0.4, -0.2) is 28.4 Å². The average molecular weight is 472 g/mol. The molecule has 1 aliphatic heterocycles. The number of alkyl halides is 3. The fraction of sp³-hybridized carbons (Fsp3) is 0.269. The largest absolute Gasteiger partial charge is 0.508 e. The van der Waals surface area contributed by atoms with Crippen molar-refractivity contribution in [2.24, 2.45) is 0 Å². The second-order valence-corrected chi connectivity index (χ2v) is 9.14. The zero-order valence-electron chi connectivity index (χ0n) is 17.5. The van der Waals surface area contributed by atoms with Gasteiger partial charge in [-0.3, -0.25) is 4.90 Å². The van der Waals surface area contributed by atoms with E-state index < -0.39 is 29.2 Å². The van der Waals surface area contributed by atoms with Gasteiger partial charge in [-0.05, 0) is 53.8 Å². The summed E-state index contributed by atoms with van der Waals surface area (Å²) in [5.41, 5.74) is 0.840. The number of nitrogens with zero attached hydrogens (tertiary/aromatic N) is 1. The number of carbonyl (C=O) groups excluding carboxylic acids is 1. The van der Waals surface area contributed by atoms with E-state index >= 15 is 0 Å². The molecule has 0 unspecified atom stereocenters. The van der Waals surface area contributed by atoms with Crippen molar-refractivity contribution in [3.63, 3.8) is 0 Å². The molecule has 1 fully saturated rings. The fourth-order valence-corrected chi connectivity index (χ4v) is 5.50. The molecule has 1 saturated carbocycles. The van der Waals surface area contributed by atoms with Crippen LogP contribution in [0.25, 0.3) is 0 Å². The molecule has 3 nitrogen and oxygen atoms in total. The maximum Gasteiger partial charge on any atom is 0.416 e. The van der Waals surface area contributed by atoms with E-state index in [2.05, 4.69) is 0 Å². The highest BCUT2D eigenvalue weighted by Gasteiger charge is 2.62. The molecule has 1 aliphatic carbocycles. The maximum absolute atomic E-state index is 13.7. The predicted octanol–water partition coefficient (Wildman–Crippen LogP) is 6.14. The Balaban J connectivity index is 1.64. The Morgan fingerprint density at radius 1 is 1.00 bits per heavy atom. The third-order valence-electron chi connectivity index (χ3n) is 6.92. The number of fused-ring (bicyclic) bond motifs is 1. The normalized spacial score (nSPS) is 24.8. The van der Waals surface area contributed by atoms with Crippen LogP contribution < -0.4 is 0 Å². The first kappa shape index (κ1) is 22.0. The molecule has 1 heterocycles. The van der Waals surface area contributed by atoms with Crippen LogP contribution in [0.15, 0.2) is 66.7 Å². The highest BCUT2D eigenvalue weighted by atomic mass is 35.5. The molecule has 0 aromatic heterocycles. The number of hydrogen-bond acceptors (Lipinski definition) is 3. The third-order valence-corrected chi connectivity index (χ3v) is 7.16. The molecule has 3 aromatic carbocycles. The van der Waals surface area contributed by atoms with Crippen molar-refractivity contribution in [1.82, 2.24) is 4.90 Å². The predicted molar refractivity (Wildman–Crippen MR) is 119 cm³/mol. The van der Waals surface area contributed by atoms with Crippen molar-refractivity contribution >= 4 is 17.9 Å². The number of benzene rings is 3. The van der Waals surface area contributed by atoms with Gasteiger partial charge in [0.05, 0.1) is 17.1 Å². The summed E-state index contributed by atoms with van der Waals surface area (Å²) in [7, 11) is 0. The van der Waals surface area contributed by atoms with Crippen LogP contribution in [0.4, 0.5) is 13.2 Å². The zero-order chi connectivity index (χ0) is 23.4. The lowest BCUT2D eigenvalue weighted by Gasteiger charge is -2.42. The summed E-state index contributed by atoms with van der Waals surface area (Å²) in [6.07, 6.45) is -2.79. The molecule has 0 radical (unpaired) electrons. The monoisotopic (exact) mass is 471 g/mol. The smallest absolute Gasteiger partial charge is 0.416 e. The van der Waals surface area contributed by atoms with Gasteiger partial charge in [0.2, 0.25) is 0 Å². The molecule has 7 heteroatoms. The van der Waals surface area contributed by atoms with Crippen LogP contribution in [-0.2, 0) is 17.4 Å². The SMILES string of the molecule is O=C[C@]1(N2CCc3ccccc3[C@H]2c2cc(Cl)ccc2O)C[C@H]1c1ccccc1C(F)(F)F. The molecular weight excluding hydrogens is 451 g/mol. The number of phenols is 1. The van der Waals surface area contributed by atoms with Gasteiger partial charge in [-0.1, -0.05) is 54.1 Å². The minimum absolute atomic E-state index is 0.0278. The summed E-state index contributed by atoms with van der Waals surface area (Å²) >= 11 is 6.25. The van der Waals surface area contributed by atoms with Crippen LogP contribution in [0.1, 0.15) is 46.2 Å². The lowest BCUT2D eigenvalue weighted by Crippen LogP contribution is -2.47. The van der Waals surface area contributed by atoms with Gasteiger partial charge in [-0.25, -0.2) is 0 Å². The van der Waals surface area contributed by atoms with Gasteiger partial charge >= 0.3 is 6.18 Å². The molecule has 0 saturated heterocycles. The molecule has 0 amide bonds. The van der Waals surface area contributed by atoms with Crippen LogP contribution in [0.2, 0.25) is 5.02 Å². The molecule has 5 rings (SSSR count). The Hall–Kier alpha value is -2.83. The van der Waals surface area contributed by atoms with Crippen molar-refractivity contribution in [3.8, 4) is 5.75 Å². The highest BCUT2D eigenvalue weighted by molar-refractivity contribution is 6.30. The van der Waals surface area contributed by atoms with E-state index in [9.17, 15) is 23.1 Å². The Morgan fingerprint density at radius 2 is 1.70 bits per heavy atom. The first-order valence-electron chi connectivity index (χ1n) is 10.7. The van der Waals surface area contributed by atoms with E-state index in [1.807, 2.05) is 29.2 Å². The quantitative estimate of drug-likeness (QED) is 0.465. The van der Waals surface area contributed by atoms with Crippen LogP contribution in [0, 0.1) is 0 Å². The van der Waals surface area contributed by atoms with E-state index in [0.29, 0.717) is 23.6 Å². The van der Waals surface area contributed by atoms with E-state index in [-0.39, 0.29) is 17.7 Å². The first-order valence-corrected chi connectivity index (χ1v) is 11.1. The Labute approximate surface area is 194 Å². The van der Waals surface area contributed by atoms with Gasteiger partial charge in [0.1, 0.15) is 12.0 Å². The summed E-state index contributed by atoms with van der Waals surface area (Å²) in [5.74, 6) is -0.568. The van der Waals surface area contributed by atoms with E-state index in [4.69, 9.17) is 11.6 Å². The summed E-state index contributed by atoms with van der Waals surface area (Å²) in [6.45, 7) is 0.469. The zero-order valence-corrected chi connectivity index (χ0v) is 18.3. The second-order valence-electron chi connectivity index (χ2n) is 8.70. The summed E-state index contributed by atoms with van der Waals surface area (Å²) in [4.78, 5) is 14.5.